The lowest BCUT2D eigenvalue weighted by Gasteiger charge is -2.46. The van der Waals surface area contributed by atoms with E-state index in [1.165, 1.54) is 18.6 Å². The first-order valence-corrected chi connectivity index (χ1v) is 6.32. The third-order valence-electron chi connectivity index (χ3n) is 3.81. The second-order valence-electron chi connectivity index (χ2n) is 5.08. The molecule has 1 saturated carbocycles. The molecule has 2 nitrogen and oxygen atoms in total. The first-order valence-electron chi connectivity index (χ1n) is 6.32. The van der Waals surface area contributed by atoms with Gasteiger partial charge in [-0.1, -0.05) is 6.07 Å². The van der Waals surface area contributed by atoms with E-state index in [0.29, 0.717) is 5.75 Å². The third kappa shape index (κ3) is 2.29. The number of hydrogen-bond donors (Lipinski definition) is 0. The number of rotatable bonds is 2. The van der Waals surface area contributed by atoms with E-state index in [9.17, 15) is 4.39 Å². The van der Waals surface area contributed by atoms with Gasteiger partial charge in [0.05, 0.1) is 12.2 Å². The van der Waals surface area contributed by atoms with Crippen LogP contribution in [-0.2, 0) is 4.74 Å². The van der Waals surface area contributed by atoms with Crippen LogP contribution in [0.5, 0.6) is 5.75 Å². The van der Waals surface area contributed by atoms with Crippen molar-refractivity contribution in [1.82, 2.24) is 0 Å². The van der Waals surface area contributed by atoms with Crippen molar-refractivity contribution in [3.63, 3.8) is 0 Å². The Morgan fingerprint density at radius 1 is 1.35 bits per heavy atom. The Kier molecular flexibility index (Phi) is 2.79. The maximum atomic E-state index is 13.0. The van der Waals surface area contributed by atoms with Gasteiger partial charge >= 0.3 is 0 Å². The number of benzene rings is 1. The van der Waals surface area contributed by atoms with E-state index in [1.54, 1.807) is 6.07 Å². The summed E-state index contributed by atoms with van der Waals surface area (Å²) in [6.45, 7) is 0.764. The second kappa shape index (κ2) is 4.30. The molecular weight excluding hydrogens is 219 g/mol. The summed E-state index contributed by atoms with van der Waals surface area (Å²) in [6.07, 6.45) is 5.58. The van der Waals surface area contributed by atoms with Crippen molar-refractivity contribution >= 4 is 0 Å². The molecule has 2 fully saturated rings. The van der Waals surface area contributed by atoms with Gasteiger partial charge in [-0.15, -0.1) is 0 Å². The monoisotopic (exact) mass is 236 g/mol. The van der Waals surface area contributed by atoms with Crippen LogP contribution in [0.1, 0.15) is 32.1 Å². The van der Waals surface area contributed by atoms with Crippen LogP contribution < -0.4 is 4.74 Å². The van der Waals surface area contributed by atoms with Gasteiger partial charge in [0.2, 0.25) is 0 Å². The summed E-state index contributed by atoms with van der Waals surface area (Å²) >= 11 is 0. The molecule has 1 aliphatic heterocycles. The molecular formula is C14H17FO2. The topological polar surface area (TPSA) is 18.5 Å². The molecule has 92 valence electrons. The van der Waals surface area contributed by atoms with Crippen LogP contribution in [0.15, 0.2) is 24.3 Å². The lowest BCUT2D eigenvalue weighted by Crippen LogP contribution is -2.48. The van der Waals surface area contributed by atoms with E-state index < -0.39 is 0 Å². The summed E-state index contributed by atoms with van der Waals surface area (Å²) in [6, 6.07) is 6.38. The highest BCUT2D eigenvalue weighted by molar-refractivity contribution is 5.22. The molecule has 1 atom stereocenters. The van der Waals surface area contributed by atoms with Crippen molar-refractivity contribution in [3.8, 4) is 5.75 Å². The average Bonchev–Trinajstić information content (AvgIpc) is 2.27. The molecule has 0 bridgehead atoms. The molecule has 1 heterocycles. The first-order chi connectivity index (χ1) is 8.26. The molecule has 2 aliphatic rings. The van der Waals surface area contributed by atoms with Crippen LogP contribution in [0.3, 0.4) is 0 Å². The fraction of sp³-hybridized carbons (Fsp3) is 0.571. The first kappa shape index (κ1) is 11.0. The summed E-state index contributed by atoms with van der Waals surface area (Å²) < 4.78 is 24.7. The lowest BCUT2D eigenvalue weighted by atomic mass is 9.74. The zero-order valence-corrected chi connectivity index (χ0v) is 9.82. The molecule has 1 aromatic rings. The number of halogens is 1. The van der Waals surface area contributed by atoms with Gasteiger partial charge in [-0.2, -0.15) is 0 Å². The molecule has 0 amide bonds. The van der Waals surface area contributed by atoms with Crippen LogP contribution in [0, 0.1) is 5.82 Å². The maximum absolute atomic E-state index is 13.0. The Hall–Kier alpha value is -1.09. The molecule has 1 aromatic carbocycles. The molecule has 0 aromatic heterocycles. The summed E-state index contributed by atoms with van der Waals surface area (Å²) in [4.78, 5) is 0. The largest absolute Gasteiger partial charge is 0.490 e. The van der Waals surface area contributed by atoms with Crippen molar-refractivity contribution in [2.45, 2.75) is 43.8 Å². The standard InChI is InChI=1S/C14H17FO2/c15-11-3-1-4-12(9-11)17-13-5-8-16-14(10-13)6-2-7-14/h1,3-4,9,13H,2,5-8,10H2. The van der Waals surface area contributed by atoms with E-state index in [2.05, 4.69) is 0 Å². The Morgan fingerprint density at radius 3 is 2.94 bits per heavy atom. The molecule has 3 heteroatoms. The molecule has 3 rings (SSSR count). The van der Waals surface area contributed by atoms with Crippen molar-refractivity contribution in [2.24, 2.45) is 0 Å². The van der Waals surface area contributed by atoms with E-state index in [4.69, 9.17) is 9.47 Å². The van der Waals surface area contributed by atoms with Gasteiger partial charge in [-0.05, 0) is 31.4 Å². The smallest absolute Gasteiger partial charge is 0.126 e. The van der Waals surface area contributed by atoms with E-state index in [0.717, 1.165) is 32.3 Å². The lowest BCUT2D eigenvalue weighted by molar-refractivity contribution is -0.153. The molecule has 17 heavy (non-hydrogen) atoms. The Bertz CT molecular complexity index is 401. The summed E-state index contributed by atoms with van der Waals surface area (Å²) in [7, 11) is 0. The zero-order valence-electron chi connectivity index (χ0n) is 9.82. The minimum Gasteiger partial charge on any atom is -0.490 e. The van der Waals surface area contributed by atoms with Crippen LogP contribution in [-0.4, -0.2) is 18.3 Å². The number of ether oxygens (including phenoxy) is 2. The van der Waals surface area contributed by atoms with Gasteiger partial charge in [0.15, 0.2) is 0 Å². The zero-order chi connectivity index (χ0) is 11.7. The highest BCUT2D eigenvalue weighted by Crippen LogP contribution is 2.43. The van der Waals surface area contributed by atoms with Gasteiger partial charge in [0.25, 0.3) is 0 Å². The Balaban J connectivity index is 1.65. The van der Waals surface area contributed by atoms with Crippen molar-refractivity contribution in [1.29, 1.82) is 0 Å². The van der Waals surface area contributed by atoms with Crippen molar-refractivity contribution in [3.05, 3.63) is 30.1 Å². The molecule has 0 N–H and O–H groups in total. The summed E-state index contributed by atoms with van der Waals surface area (Å²) in [5.74, 6) is 0.388. The second-order valence-corrected chi connectivity index (χ2v) is 5.08. The Labute approximate surface area is 101 Å². The molecule has 1 spiro atoms. The third-order valence-corrected chi connectivity index (χ3v) is 3.81. The van der Waals surface area contributed by atoms with Gasteiger partial charge in [0.1, 0.15) is 17.7 Å². The summed E-state index contributed by atoms with van der Waals surface area (Å²) in [5, 5.41) is 0. The molecule has 1 saturated heterocycles. The Morgan fingerprint density at radius 2 is 2.24 bits per heavy atom. The minimum absolute atomic E-state index is 0.0796. The van der Waals surface area contributed by atoms with E-state index >= 15 is 0 Å². The molecule has 1 unspecified atom stereocenters. The van der Waals surface area contributed by atoms with Crippen LogP contribution in [0.2, 0.25) is 0 Å². The fourth-order valence-electron chi connectivity index (χ4n) is 2.74. The predicted octanol–water partition coefficient (Wildman–Crippen LogP) is 3.31. The van der Waals surface area contributed by atoms with Crippen molar-refractivity contribution < 1.29 is 13.9 Å². The van der Waals surface area contributed by atoms with Gasteiger partial charge in [-0.3, -0.25) is 0 Å². The van der Waals surface area contributed by atoms with Crippen molar-refractivity contribution in [2.75, 3.05) is 6.61 Å². The summed E-state index contributed by atoms with van der Waals surface area (Å²) in [5.41, 5.74) is 0.0796. The fourth-order valence-corrected chi connectivity index (χ4v) is 2.74. The van der Waals surface area contributed by atoms with Crippen LogP contribution in [0.25, 0.3) is 0 Å². The molecule has 0 radical (unpaired) electrons. The predicted molar refractivity (Wildman–Crippen MR) is 62.6 cm³/mol. The highest BCUT2D eigenvalue weighted by Gasteiger charge is 2.43. The quantitative estimate of drug-likeness (QED) is 0.784. The minimum atomic E-state index is -0.243. The van der Waals surface area contributed by atoms with Gasteiger partial charge < -0.3 is 9.47 Å². The average molecular weight is 236 g/mol. The highest BCUT2D eigenvalue weighted by atomic mass is 19.1. The maximum Gasteiger partial charge on any atom is 0.126 e. The number of hydrogen-bond acceptors (Lipinski definition) is 2. The molecule has 1 aliphatic carbocycles. The van der Waals surface area contributed by atoms with Crippen LogP contribution >= 0.6 is 0 Å². The van der Waals surface area contributed by atoms with Crippen LogP contribution in [0.4, 0.5) is 4.39 Å². The van der Waals surface area contributed by atoms with E-state index in [-0.39, 0.29) is 17.5 Å². The van der Waals surface area contributed by atoms with E-state index in [1.807, 2.05) is 6.07 Å². The van der Waals surface area contributed by atoms with Gasteiger partial charge in [-0.25, -0.2) is 4.39 Å². The van der Waals surface area contributed by atoms with Gasteiger partial charge in [0, 0.05) is 18.9 Å². The SMILES string of the molecule is Fc1cccc(OC2CCOC3(CCC3)C2)c1. The normalized spacial score (nSPS) is 26.5.